The van der Waals surface area contributed by atoms with Crippen LogP contribution in [-0.4, -0.2) is 63.2 Å². The Morgan fingerprint density at radius 1 is 0.806 bits per heavy atom. The number of ether oxygens (including phenoxy) is 2. The normalized spacial score (nSPS) is 10.3. The van der Waals surface area contributed by atoms with Gasteiger partial charge < -0.3 is 42.5 Å². The van der Waals surface area contributed by atoms with E-state index in [0.29, 0.717) is 17.2 Å². The van der Waals surface area contributed by atoms with E-state index in [0.717, 1.165) is 16.8 Å². The second-order valence-corrected chi connectivity index (χ2v) is 7.65. The van der Waals surface area contributed by atoms with Crippen LogP contribution < -0.4 is 32.5 Å². The number of hydrogen-bond donors (Lipinski definition) is 2. The molecule has 4 N–H and O–H groups in total. The molecule has 8 nitrogen and oxygen atoms in total. The highest BCUT2D eigenvalue weighted by Crippen LogP contribution is 2.34. The summed E-state index contributed by atoms with van der Waals surface area (Å²) < 4.78 is 10.8. The van der Waals surface area contributed by atoms with Crippen molar-refractivity contribution in [1.29, 1.82) is 0 Å². The fourth-order valence-electron chi connectivity index (χ4n) is 3.18. The fourth-order valence-corrected chi connectivity index (χ4v) is 3.18. The highest BCUT2D eigenvalue weighted by Gasteiger charge is 2.25. The van der Waals surface area contributed by atoms with Crippen LogP contribution >= 0.6 is 0 Å². The van der Waals surface area contributed by atoms with E-state index in [2.05, 4.69) is 10.6 Å². The van der Waals surface area contributed by atoms with Crippen LogP contribution in [0, 0.1) is 13.8 Å². The maximum Gasteiger partial charge on any atom is 0.279 e. The maximum atomic E-state index is 12.6. The average molecular weight is 454 g/mol. The van der Waals surface area contributed by atoms with Gasteiger partial charge in [-0.3, -0.25) is 9.59 Å². The van der Waals surface area contributed by atoms with E-state index in [1.165, 1.54) is 14.2 Å². The molecule has 2 aromatic carbocycles. The molecule has 2 amide bonds. The minimum atomic E-state index is -0.238. The highest BCUT2D eigenvalue weighted by atomic mass is 35.5. The van der Waals surface area contributed by atoms with Crippen molar-refractivity contribution in [3.05, 3.63) is 47.5 Å². The SMILES string of the molecule is COc1cccc(OC)c1NC(=O)C[N+](C)(C)CC(=O)Nc1c(C)cccc1C.O.[Cl-]. The van der Waals surface area contributed by atoms with Crippen LogP contribution in [0.5, 0.6) is 11.5 Å². The number of hydrogen-bond acceptors (Lipinski definition) is 4. The number of likely N-dealkylation sites (N-methyl/N-ethyl adjacent to an activating group) is 1. The highest BCUT2D eigenvalue weighted by molar-refractivity contribution is 5.96. The molecule has 0 aliphatic rings. The number of amides is 2. The number of benzene rings is 2. The van der Waals surface area contributed by atoms with Gasteiger partial charge in [-0.25, -0.2) is 0 Å². The molecule has 172 valence electrons. The van der Waals surface area contributed by atoms with Crippen LogP contribution in [0.1, 0.15) is 11.1 Å². The summed E-state index contributed by atoms with van der Waals surface area (Å²) in [5.74, 6) is 0.638. The van der Waals surface area contributed by atoms with Gasteiger partial charge in [0.2, 0.25) is 0 Å². The molecule has 9 heteroatoms. The molecule has 0 bridgehead atoms. The number of methoxy groups -OCH3 is 2. The van der Waals surface area contributed by atoms with Crippen LogP contribution in [0.2, 0.25) is 0 Å². The predicted octanol–water partition coefficient (Wildman–Crippen LogP) is -0.846. The number of nitrogens with one attached hydrogen (secondary N) is 2. The first kappa shape index (κ1) is 28.2. The Hall–Kier alpha value is -2.81. The lowest BCUT2D eigenvalue weighted by molar-refractivity contribution is -0.874. The van der Waals surface area contributed by atoms with Gasteiger partial charge in [-0.1, -0.05) is 24.3 Å². The third-order valence-electron chi connectivity index (χ3n) is 4.58. The standard InChI is InChI=1S/C22H29N3O4.ClH.H2O/c1-15-9-7-10-16(2)21(15)23-19(26)13-25(3,4)14-20(27)24-22-17(28-5)11-8-12-18(22)29-6;;/h7-12H,13-14H2,1-6H3,(H-,23,24,26,27);1H;1H2. The summed E-state index contributed by atoms with van der Waals surface area (Å²) in [5, 5.41) is 5.81. The summed E-state index contributed by atoms with van der Waals surface area (Å²) in [4.78, 5) is 25.2. The van der Waals surface area contributed by atoms with Crippen molar-refractivity contribution in [2.75, 3.05) is 52.0 Å². The Morgan fingerprint density at radius 2 is 1.19 bits per heavy atom. The molecule has 2 rings (SSSR count). The zero-order valence-electron chi connectivity index (χ0n) is 18.8. The van der Waals surface area contributed by atoms with Gasteiger partial charge in [0.25, 0.3) is 11.8 Å². The average Bonchev–Trinajstić information content (AvgIpc) is 2.64. The predicted molar refractivity (Wildman–Crippen MR) is 118 cm³/mol. The van der Waals surface area contributed by atoms with Crippen molar-refractivity contribution in [3.63, 3.8) is 0 Å². The molecular weight excluding hydrogens is 422 g/mol. The molecule has 0 aliphatic carbocycles. The Bertz CT molecular complexity index is 860. The zero-order chi connectivity index (χ0) is 21.6. The molecule has 31 heavy (non-hydrogen) atoms. The van der Waals surface area contributed by atoms with Crippen LogP contribution in [0.4, 0.5) is 11.4 Å². The molecule has 0 saturated heterocycles. The molecule has 0 fully saturated rings. The molecule has 0 aliphatic heterocycles. The van der Waals surface area contributed by atoms with Gasteiger partial charge in [0.1, 0.15) is 17.2 Å². The van der Waals surface area contributed by atoms with Crippen molar-refractivity contribution in [1.82, 2.24) is 0 Å². The van der Waals surface area contributed by atoms with Gasteiger partial charge in [0.15, 0.2) is 13.1 Å². The van der Waals surface area contributed by atoms with E-state index in [4.69, 9.17) is 9.47 Å². The topological polar surface area (TPSA) is 108 Å². The summed E-state index contributed by atoms with van der Waals surface area (Å²) in [6.07, 6.45) is 0. The Labute approximate surface area is 189 Å². The minimum Gasteiger partial charge on any atom is -1.00 e. The molecule has 0 unspecified atom stereocenters. The number of para-hydroxylation sites is 2. The molecular formula is C22H32ClN3O5. The summed E-state index contributed by atoms with van der Waals surface area (Å²) in [5.41, 5.74) is 3.30. The third kappa shape index (κ3) is 7.75. The largest absolute Gasteiger partial charge is 1.00 e. The van der Waals surface area contributed by atoms with Crippen molar-refractivity contribution >= 4 is 23.2 Å². The molecule has 0 heterocycles. The second kappa shape index (κ2) is 12.1. The van der Waals surface area contributed by atoms with E-state index in [9.17, 15) is 9.59 Å². The van der Waals surface area contributed by atoms with Gasteiger partial charge in [-0.2, -0.15) is 0 Å². The number of carbonyl (C=O) groups excluding carboxylic acids is 2. The first-order valence-corrected chi connectivity index (χ1v) is 9.36. The lowest BCUT2D eigenvalue weighted by atomic mass is 10.1. The molecule has 0 saturated carbocycles. The number of nitrogens with zero attached hydrogens (tertiary/aromatic N) is 1. The zero-order valence-corrected chi connectivity index (χ0v) is 19.6. The first-order valence-electron chi connectivity index (χ1n) is 9.36. The Morgan fingerprint density at radius 3 is 1.61 bits per heavy atom. The fraction of sp³-hybridized carbons (Fsp3) is 0.364. The third-order valence-corrected chi connectivity index (χ3v) is 4.58. The monoisotopic (exact) mass is 453 g/mol. The van der Waals surface area contributed by atoms with E-state index < -0.39 is 0 Å². The smallest absolute Gasteiger partial charge is 0.279 e. The second-order valence-electron chi connectivity index (χ2n) is 7.65. The van der Waals surface area contributed by atoms with Crippen LogP contribution in [-0.2, 0) is 9.59 Å². The van der Waals surface area contributed by atoms with Crippen molar-refractivity contribution in [2.45, 2.75) is 13.8 Å². The van der Waals surface area contributed by atoms with E-state index in [1.54, 1.807) is 18.2 Å². The lowest BCUT2D eigenvalue weighted by Gasteiger charge is -2.28. The summed E-state index contributed by atoms with van der Waals surface area (Å²) in [6, 6.07) is 11.1. The summed E-state index contributed by atoms with van der Waals surface area (Å²) in [6.45, 7) is 4.18. The first-order chi connectivity index (χ1) is 13.7. The van der Waals surface area contributed by atoms with Gasteiger partial charge in [0, 0.05) is 5.69 Å². The van der Waals surface area contributed by atoms with E-state index in [-0.39, 0.29) is 47.3 Å². The van der Waals surface area contributed by atoms with Gasteiger partial charge in [-0.15, -0.1) is 0 Å². The van der Waals surface area contributed by atoms with Crippen molar-refractivity contribution < 1.29 is 41.4 Å². The molecule has 2 aromatic rings. The van der Waals surface area contributed by atoms with E-state index >= 15 is 0 Å². The number of halogens is 1. The molecule has 0 spiro atoms. The summed E-state index contributed by atoms with van der Waals surface area (Å²) in [7, 11) is 6.73. The molecule has 0 aromatic heterocycles. The maximum absolute atomic E-state index is 12.6. The number of anilines is 2. The Balaban J connectivity index is 0.00000450. The van der Waals surface area contributed by atoms with Crippen molar-refractivity contribution in [2.24, 2.45) is 0 Å². The van der Waals surface area contributed by atoms with Crippen LogP contribution in [0.3, 0.4) is 0 Å². The molecule has 0 radical (unpaired) electrons. The van der Waals surface area contributed by atoms with Crippen LogP contribution in [0.25, 0.3) is 0 Å². The van der Waals surface area contributed by atoms with Gasteiger partial charge >= 0.3 is 0 Å². The van der Waals surface area contributed by atoms with Crippen molar-refractivity contribution in [3.8, 4) is 11.5 Å². The quantitative estimate of drug-likeness (QED) is 0.508. The Kier molecular flexibility index (Phi) is 11.0. The van der Waals surface area contributed by atoms with Crippen LogP contribution in [0.15, 0.2) is 36.4 Å². The number of rotatable bonds is 8. The van der Waals surface area contributed by atoms with Gasteiger partial charge in [0.05, 0.1) is 28.3 Å². The van der Waals surface area contributed by atoms with E-state index in [1.807, 2.05) is 46.1 Å². The summed E-state index contributed by atoms with van der Waals surface area (Å²) >= 11 is 0. The number of quaternary nitrogens is 1. The molecule has 0 atom stereocenters. The lowest BCUT2D eigenvalue weighted by Crippen LogP contribution is -3.00. The van der Waals surface area contributed by atoms with Gasteiger partial charge in [-0.05, 0) is 37.1 Å². The minimum absolute atomic E-state index is 0. The number of carbonyl (C=O) groups is 2. The number of aryl methyl sites for hydroxylation is 2.